The minimum absolute atomic E-state index is 0.0556. The van der Waals surface area contributed by atoms with E-state index < -0.39 is 0 Å². The van der Waals surface area contributed by atoms with Crippen LogP contribution in [0.25, 0.3) is 10.2 Å². The fourth-order valence-corrected chi connectivity index (χ4v) is 4.17. The van der Waals surface area contributed by atoms with E-state index in [0.717, 1.165) is 20.2 Å². The van der Waals surface area contributed by atoms with Crippen LogP contribution in [0.1, 0.15) is 10.4 Å². The van der Waals surface area contributed by atoms with Gasteiger partial charge < -0.3 is 10.2 Å². The van der Waals surface area contributed by atoms with Gasteiger partial charge >= 0.3 is 0 Å². The number of benzene rings is 2. The molecule has 1 heterocycles. The lowest BCUT2D eigenvalue weighted by Gasteiger charge is -2.07. The molecule has 128 valence electrons. The lowest BCUT2D eigenvalue weighted by molar-refractivity contribution is -0.125. The molecule has 3 aromatic rings. The third-order valence-corrected chi connectivity index (χ3v) is 5.63. The van der Waals surface area contributed by atoms with Gasteiger partial charge in [-0.3, -0.25) is 9.59 Å². The van der Waals surface area contributed by atoms with Crippen molar-refractivity contribution < 1.29 is 9.59 Å². The molecule has 0 saturated heterocycles. The third kappa shape index (κ3) is 4.37. The Balaban J connectivity index is 1.72. The number of fused-ring (bicyclic) bond motifs is 1. The van der Waals surface area contributed by atoms with Crippen molar-refractivity contribution in [2.24, 2.45) is 0 Å². The van der Waals surface area contributed by atoms with Gasteiger partial charge in [-0.25, -0.2) is 4.98 Å². The van der Waals surface area contributed by atoms with Gasteiger partial charge in [0.05, 0.1) is 16.0 Å². The summed E-state index contributed by atoms with van der Waals surface area (Å²) < 4.78 is 1.82. The highest BCUT2D eigenvalue weighted by Crippen LogP contribution is 2.31. The van der Waals surface area contributed by atoms with Gasteiger partial charge in [-0.2, -0.15) is 0 Å². The van der Waals surface area contributed by atoms with Crippen molar-refractivity contribution in [3.8, 4) is 0 Å². The SMILES string of the molecule is CN(C)C(=O)CSc1nc2ccc(NC(=O)c3ccccc3)cc2s1. The molecule has 1 aromatic heterocycles. The summed E-state index contributed by atoms with van der Waals surface area (Å²) in [5.41, 5.74) is 2.21. The highest BCUT2D eigenvalue weighted by Gasteiger charge is 2.11. The summed E-state index contributed by atoms with van der Waals surface area (Å²) in [6.45, 7) is 0. The topological polar surface area (TPSA) is 62.3 Å². The number of hydrogen-bond donors (Lipinski definition) is 1. The van der Waals surface area contributed by atoms with Gasteiger partial charge in [0.2, 0.25) is 5.91 Å². The molecule has 2 amide bonds. The molecular weight excluding hydrogens is 354 g/mol. The maximum Gasteiger partial charge on any atom is 0.255 e. The van der Waals surface area contributed by atoms with Crippen molar-refractivity contribution >= 4 is 50.8 Å². The number of hydrogen-bond acceptors (Lipinski definition) is 5. The first-order valence-corrected chi connectivity index (χ1v) is 9.43. The minimum Gasteiger partial charge on any atom is -0.348 e. The molecular formula is C18H17N3O2S2. The molecule has 0 aliphatic heterocycles. The molecule has 5 nitrogen and oxygen atoms in total. The van der Waals surface area contributed by atoms with E-state index in [1.54, 1.807) is 31.1 Å². The molecule has 7 heteroatoms. The molecule has 0 aliphatic carbocycles. The second-order valence-corrected chi connectivity index (χ2v) is 7.81. The monoisotopic (exact) mass is 371 g/mol. The van der Waals surface area contributed by atoms with Crippen molar-refractivity contribution in [1.82, 2.24) is 9.88 Å². The quantitative estimate of drug-likeness (QED) is 0.694. The van der Waals surface area contributed by atoms with Gasteiger partial charge in [-0.1, -0.05) is 30.0 Å². The number of thiazole rings is 1. The van der Waals surface area contributed by atoms with Crippen LogP contribution in [0.3, 0.4) is 0 Å². The van der Waals surface area contributed by atoms with Gasteiger partial charge in [0, 0.05) is 25.3 Å². The number of carbonyl (C=O) groups excluding carboxylic acids is 2. The molecule has 0 radical (unpaired) electrons. The van der Waals surface area contributed by atoms with Crippen LogP contribution >= 0.6 is 23.1 Å². The standard InChI is InChI=1S/C18H17N3O2S2/c1-21(2)16(22)11-24-18-20-14-9-8-13(10-15(14)25-18)19-17(23)12-6-4-3-5-7-12/h3-10H,11H2,1-2H3,(H,19,23). The first kappa shape index (κ1) is 17.4. The zero-order chi connectivity index (χ0) is 17.8. The molecule has 0 bridgehead atoms. The molecule has 3 rings (SSSR count). The molecule has 0 aliphatic rings. The first-order chi connectivity index (χ1) is 12.0. The van der Waals surface area contributed by atoms with Gasteiger partial charge in [0.15, 0.2) is 4.34 Å². The van der Waals surface area contributed by atoms with E-state index in [1.807, 2.05) is 36.4 Å². The predicted molar refractivity (Wildman–Crippen MR) is 103 cm³/mol. The van der Waals surface area contributed by atoms with Crippen LogP contribution in [0, 0.1) is 0 Å². The van der Waals surface area contributed by atoms with Gasteiger partial charge in [-0.15, -0.1) is 11.3 Å². The van der Waals surface area contributed by atoms with Gasteiger partial charge in [-0.05, 0) is 30.3 Å². The number of carbonyl (C=O) groups is 2. The van der Waals surface area contributed by atoms with E-state index in [9.17, 15) is 9.59 Å². The zero-order valence-electron chi connectivity index (χ0n) is 13.9. The lowest BCUT2D eigenvalue weighted by atomic mass is 10.2. The average molecular weight is 371 g/mol. The summed E-state index contributed by atoms with van der Waals surface area (Å²) in [6, 6.07) is 14.7. The Bertz CT molecular complexity index is 907. The highest BCUT2D eigenvalue weighted by atomic mass is 32.2. The van der Waals surface area contributed by atoms with Crippen molar-refractivity contribution in [2.75, 3.05) is 25.2 Å². The summed E-state index contributed by atoms with van der Waals surface area (Å²) in [6.07, 6.45) is 0. The zero-order valence-corrected chi connectivity index (χ0v) is 15.5. The normalized spacial score (nSPS) is 10.6. The number of aromatic nitrogens is 1. The average Bonchev–Trinajstić information content (AvgIpc) is 3.02. The largest absolute Gasteiger partial charge is 0.348 e. The maximum absolute atomic E-state index is 12.2. The van der Waals surface area contributed by atoms with E-state index in [2.05, 4.69) is 10.3 Å². The lowest BCUT2D eigenvalue weighted by Crippen LogP contribution is -2.23. The summed E-state index contributed by atoms with van der Waals surface area (Å²) in [5, 5.41) is 2.90. The van der Waals surface area contributed by atoms with Gasteiger partial charge in [0.1, 0.15) is 0 Å². The van der Waals surface area contributed by atoms with E-state index >= 15 is 0 Å². The second-order valence-electron chi connectivity index (χ2n) is 5.56. The Morgan fingerprint density at radius 1 is 1.16 bits per heavy atom. The Morgan fingerprint density at radius 2 is 1.92 bits per heavy atom. The van der Waals surface area contributed by atoms with Crippen LogP contribution in [0.2, 0.25) is 0 Å². The summed E-state index contributed by atoms with van der Waals surface area (Å²) in [5.74, 6) is 0.278. The van der Waals surface area contributed by atoms with E-state index in [1.165, 1.54) is 23.1 Å². The molecule has 2 aromatic carbocycles. The summed E-state index contributed by atoms with van der Waals surface area (Å²) in [7, 11) is 3.48. The highest BCUT2D eigenvalue weighted by molar-refractivity contribution is 8.01. The van der Waals surface area contributed by atoms with Crippen LogP contribution in [-0.4, -0.2) is 41.5 Å². The number of nitrogens with one attached hydrogen (secondary N) is 1. The van der Waals surface area contributed by atoms with E-state index in [4.69, 9.17) is 0 Å². The van der Waals surface area contributed by atoms with Crippen LogP contribution < -0.4 is 5.32 Å². The minimum atomic E-state index is -0.143. The Kier molecular flexibility index (Phi) is 5.35. The number of nitrogens with zero attached hydrogens (tertiary/aromatic N) is 2. The maximum atomic E-state index is 12.2. The predicted octanol–water partition coefficient (Wildman–Crippen LogP) is 3.73. The third-order valence-electron chi connectivity index (χ3n) is 3.48. The van der Waals surface area contributed by atoms with E-state index in [0.29, 0.717) is 11.3 Å². The number of anilines is 1. The Hall–Kier alpha value is -2.38. The first-order valence-electron chi connectivity index (χ1n) is 7.63. The fourth-order valence-electron chi connectivity index (χ4n) is 2.09. The van der Waals surface area contributed by atoms with Crippen molar-refractivity contribution in [2.45, 2.75) is 4.34 Å². The van der Waals surface area contributed by atoms with Crippen molar-refractivity contribution in [3.63, 3.8) is 0 Å². The molecule has 0 fully saturated rings. The van der Waals surface area contributed by atoms with Crippen LogP contribution in [0.4, 0.5) is 5.69 Å². The summed E-state index contributed by atoms with van der Waals surface area (Å²) >= 11 is 2.95. The fraction of sp³-hybridized carbons (Fsp3) is 0.167. The molecule has 0 saturated carbocycles. The second kappa shape index (κ2) is 7.67. The van der Waals surface area contributed by atoms with Crippen LogP contribution in [0.15, 0.2) is 52.9 Å². The number of thioether (sulfide) groups is 1. The Labute approximate surface area is 154 Å². The molecule has 1 N–H and O–H groups in total. The molecule has 0 spiro atoms. The van der Waals surface area contributed by atoms with Crippen LogP contribution in [0.5, 0.6) is 0 Å². The van der Waals surface area contributed by atoms with Crippen molar-refractivity contribution in [1.29, 1.82) is 0 Å². The number of amides is 2. The van der Waals surface area contributed by atoms with Crippen LogP contribution in [-0.2, 0) is 4.79 Å². The Morgan fingerprint density at radius 3 is 2.64 bits per heavy atom. The van der Waals surface area contributed by atoms with Gasteiger partial charge in [0.25, 0.3) is 5.91 Å². The smallest absolute Gasteiger partial charge is 0.255 e. The van der Waals surface area contributed by atoms with Crippen molar-refractivity contribution in [3.05, 3.63) is 54.1 Å². The van der Waals surface area contributed by atoms with E-state index in [-0.39, 0.29) is 11.8 Å². The molecule has 0 atom stereocenters. The summed E-state index contributed by atoms with van der Waals surface area (Å²) in [4.78, 5) is 30.0. The molecule has 25 heavy (non-hydrogen) atoms. The molecule has 0 unspecified atom stereocenters. The number of rotatable bonds is 5.